The topological polar surface area (TPSA) is 91.8 Å². The van der Waals surface area contributed by atoms with Crippen molar-refractivity contribution in [3.05, 3.63) is 24.0 Å². The molecule has 0 atom stereocenters. The third-order valence-electron chi connectivity index (χ3n) is 3.40. The number of carbonyl (C=O) groups is 1. The lowest BCUT2D eigenvalue weighted by Gasteiger charge is -2.28. The molecule has 5 heteroatoms. The molecular weight excluding hydrogens is 228 g/mol. The molecule has 0 aromatic carbocycles. The Balaban J connectivity index is 1.96. The molecule has 94 valence electrons. The summed E-state index contributed by atoms with van der Waals surface area (Å²) in [6.45, 7) is 0. The minimum absolute atomic E-state index is 0.00684. The van der Waals surface area contributed by atoms with Crippen molar-refractivity contribution in [3.8, 4) is 6.07 Å². The van der Waals surface area contributed by atoms with Gasteiger partial charge in [0, 0.05) is 18.2 Å². The van der Waals surface area contributed by atoms with Gasteiger partial charge in [0.15, 0.2) is 5.69 Å². The molecule has 0 aliphatic heterocycles. The van der Waals surface area contributed by atoms with Crippen LogP contribution in [-0.4, -0.2) is 16.9 Å². The quantitative estimate of drug-likeness (QED) is 0.840. The Bertz CT molecular complexity index is 472. The van der Waals surface area contributed by atoms with Gasteiger partial charge >= 0.3 is 0 Å². The van der Waals surface area contributed by atoms with Crippen molar-refractivity contribution in [2.75, 3.05) is 5.32 Å². The van der Waals surface area contributed by atoms with Crippen molar-refractivity contribution in [1.82, 2.24) is 4.98 Å². The minimum atomic E-state index is -0.201. The predicted octanol–water partition coefficient (Wildman–Crippen LogP) is 1.41. The van der Waals surface area contributed by atoms with E-state index in [1.54, 1.807) is 12.3 Å². The number of primary amides is 1. The van der Waals surface area contributed by atoms with Gasteiger partial charge in [-0.3, -0.25) is 4.79 Å². The highest BCUT2D eigenvalue weighted by Crippen LogP contribution is 2.26. The van der Waals surface area contributed by atoms with Crippen molar-refractivity contribution < 1.29 is 4.79 Å². The fourth-order valence-corrected chi connectivity index (χ4v) is 2.35. The van der Waals surface area contributed by atoms with E-state index >= 15 is 0 Å². The highest BCUT2D eigenvalue weighted by molar-refractivity contribution is 5.76. The van der Waals surface area contributed by atoms with Gasteiger partial charge in [0.1, 0.15) is 6.07 Å². The standard InChI is InChI=1S/C13H16N4O/c14-8-12-11(2-1-7-16-12)17-10-5-3-9(4-6-10)13(15)18/h1-2,7,9-10,17H,3-6H2,(H2,15,18). The maximum Gasteiger partial charge on any atom is 0.220 e. The zero-order valence-corrected chi connectivity index (χ0v) is 10.1. The number of nitriles is 1. The molecule has 5 nitrogen and oxygen atoms in total. The number of nitrogens with one attached hydrogen (secondary N) is 1. The number of rotatable bonds is 3. The average Bonchev–Trinajstić information content (AvgIpc) is 2.40. The van der Waals surface area contributed by atoms with Crippen LogP contribution in [0.15, 0.2) is 18.3 Å². The van der Waals surface area contributed by atoms with Gasteiger partial charge in [-0.2, -0.15) is 5.26 Å². The summed E-state index contributed by atoms with van der Waals surface area (Å²) < 4.78 is 0. The van der Waals surface area contributed by atoms with Crippen LogP contribution in [0.3, 0.4) is 0 Å². The molecule has 1 heterocycles. The molecule has 0 bridgehead atoms. The summed E-state index contributed by atoms with van der Waals surface area (Å²) in [5.74, 6) is -0.195. The number of aromatic nitrogens is 1. The molecule has 1 aromatic rings. The van der Waals surface area contributed by atoms with Gasteiger partial charge in [0.2, 0.25) is 5.91 Å². The minimum Gasteiger partial charge on any atom is -0.380 e. The molecule has 1 aliphatic rings. The number of amides is 1. The van der Waals surface area contributed by atoms with E-state index in [0.717, 1.165) is 31.4 Å². The monoisotopic (exact) mass is 244 g/mol. The van der Waals surface area contributed by atoms with Gasteiger partial charge in [0.25, 0.3) is 0 Å². The lowest BCUT2D eigenvalue weighted by atomic mass is 9.85. The van der Waals surface area contributed by atoms with E-state index in [-0.39, 0.29) is 17.9 Å². The molecule has 3 N–H and O–H groups in total. The van der Waals surface area contributed by atoms with E-state index in [1.165, 1.54) is 0 Å². The van der Waals surface area contributed by atoms with Crippen molar-refractivity contribution in [2.45, 2.75) is 31.7 Å². The van der Waals surface area contributed by atoms with E-state index < -0.39 is 0 Å². The molecule has 1 saturated carbocycles. The second-order valence-corrected chi connectivity index (χ2v) is 4.61. The molecule has 0 unspecified atom stereocenters. The first-order valence-corrected chi connectivity index (χ1v) is 6.11. The highest BCUT2D eigenvalue weighted by Gasteiger charge is 2.24. The number of nitrogens with two attached hydrogens (primary N) is 1. The van der Waals surface area contributed by atoms with Crippen LogP contribution < -0.4 is 11.1 Å². The second kappa shape index (κ2) is 5.50. The first kappa shape index (κ1) is 12.4. The van der Waals surface area contributed by atoms with E-state index in [9.17, 15) is 4.79 Å². The number of nitrogens with zero attached hydrogens (tertiary/aromatic N) is 2. The Hall–Kier alpha value is -2.09. The summed E-state index contributed by atoms with van der Waals surface area (Å²) in [5.41, 5.74) is 6.48. The fraction of sp³-hybridized carbons (Fsp3) is 0.462. The molecular formula is C13H16N4O. The summed E-state index contributed by atoms with van der Waals surface area (Å²) in [6, 6.07) is 6.01. The van der Waals surface area contributed by atoms with E-state index in [4.69, 9.17) is 11.0 Å². The SMILES string of the molecule is N#Cc1ncccc1NC1CCC(C(N)=O)CC1. The van der Waals surface area contributed by atoms with E-state index in [2.05, 4.69) is 16.4 Å². The Morgan fingerprint density at radius 2 is 2.17 bits per heavy atom. The van der Waals surface area contributed by atoms with E-state index in [1.807, 2.05) is 6.07 Å². The van der Waals surface area contributed by atoms with Crippen LogP contribution in [0.4, 0.5) is 5.69 Å². The molecule has 1 amide bonds. The van der Waals surface area contributed by atoms with Crippen LogP contribution in [-0.2, 0) is 4.79 Å². The maximum atomic E-state index is 11.1. The molecule has 2 rings (SSSR count). The Kier molecular flexibility index (Phi) is 3.78. The van der Waals surface area contributed by atoms with Crippen LogP contribution in [0.2, 0.25) is 0 Å². The van der Waals surface area contributed by atoms with Crippen LogP contribution >= 0.6 is 0 Å². The molecule has 0 spiro atoms. The van der Waals surface area contributed by atoms with Gasteiger partial charge in [-0.15, -0.1) is 0 Å². The summed E-state index contributed by atoms with van der Waals surface area (Å²) in [4.78, 5) is 15.1. The van der Waals surface area contributed by atoms with Crippen LogP contribution in [0, 0.1) is 17.2 Å². The summed E-state index contributed by atoms with van der Waals surface area (Å²) in [6.07, 6.45) is 5.03. The third-order valence-corrected chi connectivity index (χ3v) is 3.40. The van der Waals surface area contributed by atoms with Crippen molar-refractivity contribution >= 4 is 11.6 Å². The fourth-order valence-electron chi connectivity index (χ4n) is 2.35. The molecule has 0 saturated heterocycles. The summed E-state index contributed by atoms with van der Waals surface area (Å²) >= 11 is 0. The number of hydrogen-bond donors (Lipinski definition) is 2. The van der Waals surface area contributed by atoms with Crippen molar-refractivity contribution in [3.63, 3.8) is 0 Å². The van der Waals surface area contributed by atoms with Gasteiger partial charge in [0.05, 0.1) is 5.69 Å². The van der Waals surface area contributed by atoms with Gasteiger partial charge in [-0.25, -0.2) is 4.98 Å². The molecule has 18 heavy (non-hydrogen) atoms. The van der Waals surface area contributed by atoms with Crippen molar-refractivity contribution in [2.24, 2.45) is 11.7 Å². The number of anilines is 1. The largest absolute Gasteiger partial charge is 0.380 e. The van der Waals surface area contributed by atoms with Gasteiger partial charge in [-0.1, -0.05) is 0 Å². The first-order valence-electron chi connectivity index (χ1n) is 6.11. The Morgan fingerprint density at radius 1 is 1.44 bits per heavy atom. The number of pyridine rings is 1. The number of hydrogen-bond acceptors (Lipinski definition) is 4. The van der Waals surface area contributed by atoms with Crippen LogP contribution in [0.5, 0.6) is 0 Å². The third kappa shape index (κ3) is 2.77. The summed E-state index contributed by atoms with van der Waals surface area (Å²) in [5, 5.41) is 12.3. The lowest BCUT2D eigenvalue weighted by molar-refractivity contribution is -0.122. The smallest absolute Gasteiger partial charge is 0.220 e. The van der Waals surface area contributed by atoms with Crippen LogP contribution in [0.25, 0.3) is 0 Å². The maximum absolute atomic E-state index is 11.1. The van der Waals surface area contributed by atoms with Gasteiger partial charge in [-0.05, 0) is 37.8 Å². The van der Waals surface area contributed by atoms with Crippen LogP contribution in [0.1, 0.15) is 31.4 Å². The Labute approximate surface area is 106 Å². The highest BCUT2D eigenvalue weighted by atomic mass is 16.1. The normalized spacial score (nSPS) is 23.1. The molecule has 1 aliphatic carbocycles. The average molecular weight is 244 g/mol. The zero-order valence-electron chi connectivity index (χ0n) is 10.1. The number of carbonyl (C=O) groups excluding carboxylic acids is 1. The first-order chi connectivity index (χ1) is 8.70. The molecule has 0 radical (unpaired) electrons. The van der Waals surface area contributed by atoms with E-state index in [0.29, 0.717) is 5.69 Å². The van der Waals surface area contributed by atoms with Gasteiger partial charge < -0.3 is 11.1 Å². The van der Waals surface area contributed by atoms with Crippen molar-refractivity contribution in [1.29, 1.82) is 5.26 Å². The zero-order chi connectivity index (χ0) is 13.0. The summed E-state index contributed by atoms with van der Waals surface area (Å²) in [7, 11) is 0. The molecule has 1 aromatic heterocycles. The molecule has 1 fully saturated rings. The predicted molar refractivity (Wildman–Crippen MR) is 67.5 cm³/mol. The lowest BCUT2D eigenvalue weighted by Crippen LogP contribution is -2.32. The second-order valence-electron chi connectivity index (χ2n) is 4.61. The Morgan fingerprint density at radius 3 is 2.78 bits per heavy atom.